The van der Waals surface area contributed by atoms with Crippen molar-refractivity contribution in [2.45, 2.75) is 52.5 Å². The average Bonchev–Trinajstić information content (AvgIpc) is 3.03. The lowest BCUT2D eigenvalue weighted by Gasteiger charge is -2.10. The van der Waals surface area contributed by atoms with E-state index >= 15 is 0 Å². The van der Waals surface area contributed by atoms with Gasteiger partial charge in [-0.05, 0) is 62.8 Å². The summed E-state index contributed by atoms with van der Waals surface area (Å²) in [5.41, 5.74) is 5.85. The molecule has 0 atom stereocenters. The minimum atomic E-state index is -0.0967. The Morgan fingerprint density at radius 2 is 1.96 bits per heavy atom. The van der Waals surface area contributed by atoms with Gasteiger partial charge in [0.1, 0.15) is 5.52 Å². The van der Waals surface area contributed by atoms with E-state index in [9.17, 15) is 9.59 Å². The molecule has 0 unspecified atom stereocenters. The molecule has 0 saturated carbocycles. The highest BCUT2D eigenvalue weighted by Crippen LogP contribution is 2.22. The highest BCUT2D eigenvalue weighted by atomic mass is 16.2. The van der Waals surface area contributed by atoms with Crippen LogP contribution in [0.15, 0.2) is 35.4 Å². The maximum atomic E-state index is 12.9. The van der Waals surface area contributed by atoms with Gasteiger partial charge in [-0.25, -0.2) is 4.52 Å². The first kappa shape index (κ1) is 17.5. The molecule has 0 aliphatic heterocycles. The number of aromatic nitrogens is 3. The lowest BCUT2D eigenvalue weighted by Crippen LogP contribution is -2.24. The van der Waals surface area contributed by atoms with Crippen molar-refractivity contribution in [1.29, 1.82) is 0 Å². The highest BCUT2D eigenvalue weighted by Gasteiger charge is 2.19. The number of benzene rings is 1. The Hall–Kier alpha value is -2.89. The van der Waals surface area contributed by atoms with Crippen LogP contribution in [0.2, 0.25) is 0 Å². The molecule has 1 N–H and O–H groups in total. The molecule has 140 valence electrons. The Morgan fingerprint density at radius 1 is 1.15 bits per heavy atom. The van der Waals surface area contributed by atoms with Crippen molar-refractivity contribution in [1.82, 2.24) is 14.2 Å². The SMILES string of the molecule is Cc1ccc(NC(=O)CCn2ccn3nc4c(c3c2=O)CCCC4)cc1C. The zero-order valence-electron chi connectivity index (χ0n) is 15.8. The first-order valence-corrected chi connectivity index (χ1v) is 9.49. The number of amides is 1. The van der Waals surface area contributed by atoms with E-state index < -0.39 is 0 Å². The molecule has 1 aromatic carbocycles. The van der Waals surface area contributed by atoms with Crippen LogP contribution in [0.1, 0.15) is 41.6 Å². The summed E-state index contributed by atoms with van der Waals surface area (Å²) in [5, 5.41) is 7.46. The average molecular weight is 364 g/mol. The number of anilines is 1. The van der Waals surface area contributed by atoms with Crippen molar-refractivity contribution in [3.8, 4) is 0 Å². The van der Waals surface area contributed by atoms with Crippen molar-refractivity contribution < 1.29 is 4.79 Å². The zero-order chi connectivity index (χ0) is 19.0. The smallest absolute Gasteiger partial charge is 0.276 e. The molecule has 1 aliphatic rings. The summed E-state index contributed by atoms with van der Waals surface area (Å²) in [7, 11) is 0. The van der Waals surface area contributed by atoms with E-state index in [2.05, 4.69) is 10.4 Å². The van der Waals surface area contributed by atoms with Gasteiger partial charge in [-0.3, -0.25) is 9.59 Å². The van der Waals surface area contributed by atoms with Crippen LogP contribution < -0.4 is 10.9 Å². The second-order valence-electron chi connectivity index (χ2n) is 7.32. The lowest BCUT2D eigenvalue weighted by molar-refractivity contribution is -0.116. The topological polar surface area (TPSA) is 68.4 Å². The molecule has 1 aliphatic carbocycles. The number of rotatable bonds is 4. The van der Waals surface area contributed by atoms with Crippen LogP contribution in [0, 0.1) is 13.8 Å². The van der Waals surface area contributed by atoms with Crippen molar-refractivity contribution >= 4 is 17.1 Å². The first-order chi connectivity index (χ1) is 13.0. The van der Waals surface area contributed by atoms with Gasteiger partial charge in [0.15, 0.2) is 0 Å². The summed E-state index contributed by atoms with van der Waals surface area (Å²) in [5.74, 6) is -0.0967. The monoisotopic (exact) mass is 364 g/mol. The molecule has 0 spiro atoms. The zero-order valence-corrected chi connectivity index (χ0v) is 15.8. The van der Waals surface area contributed by atoms with Crippen LogP contribution in [0.3, 0.4) is 0 Å². The minimum Gasteiger partial charge on any atom is -0.326 e. The van der Waals surface area contributed by atoms with E-state index in [1.807, 2.05) is 38.2 Å². The number of nitrogens with zero attached hydrogens (tertiary/aromatic N) is 3. The van der Waals surface area contributed by atoms with Crippen LogP contribution in [0.4, 0.5) is 5.69 Å². The number of carbonyl (C=O) groups is 1. The van der Waals surface area contributed by atoms with E-state index in [-0.39, 0.29) is 17.9 Å². The summed E-state index contributed by atoms with van der Waals surface area (Å²) in [6.07, 6.45) is 7.86. The van der Waals surface area contributed by atoms with Gasteiger partial charge >= 0.3 is 0 Å². The van der Waals surface area contributed by atoms with E-state index in [1.54, 1.807) is 15.3 Å². The van der Waals surface area contributed by atoms with E-state index in [1.165, 1.54) is 5.56 Å². The van der Waals surface area contributed by atoms with Crippen molar-refractivity contribution in [2.75, 3.05) is 5.32 Å². The molecule has 0 bridgehead atoms. The standard InChI is InChI=1S/C21H24N4O2/c1-14-7-8-16(13-15(14)2)22-19(26)9-10-24-11-12-25-20(21(24)27)17-5-3-4-6-18(17)23-25/h7-8,11-13H,3-6,9-10H2,1-2H3,(H,22,26). The molecule has 0 saturated heterocycles. The third kappa shape index (κ3) is 3.39. The van der Waals surface area contributed by atoms with Crippen molar-refractivity contribution in [3.05, 3.63) is 63.3 Å². The van der Waals surface area contributed by atoms with Crippen LogP contribution in [-0.4, -0.2) is 20.1 Å². The summed E-state index contributed by atoms with van der Waals surface area (Å²) in [6, 6.07) is 5.85. The van der Waals surface area contributed by atoms with Gasteiger partial charge < -0.3 is 9.88 Å². The Labute approximate surface area is 157 Å². The molecule has 3 aromatic rings. The Kier molecular flexibility index (Phi) is 4.56. The van der Waals surface area contributed by atoms with Crippen molar-refractivity contribution in [2.24, 2.45) is 0 Å². The predicted molar refractivity (Wildman–Crippen MR) is 105 cm³/mol. The molecule has 1 amide bonds. The van der Waals surface area contributed by atoms with Gasteiger partial charge in [0.25, 0.3) is 5.56 Å². The molecular weight excluding hydrogens is 340 g/mol. The molecular formula is C21H24N4O2. The molecule has 6 heteroatoms. The third-order valence-electron chi connectivity index (χ3n) is 5.40. The molecule has 0 radical (unpaired) electrons. The van der Waals surface area contributed by atoms with Crippen LogP contribution in [0.5, 0.6) is 0 Å². The quantitative estimate of drug-likeness (QED) is 0.774. The summed E-state index contributed by atoms with van der Waals surface area (Å²) >= 11 is 0. The Balaban J connectivity index is 1.50. The van der Waals surface area contributed by atoms with E-state index in [0.29, 0.717) is 12.1 Å². The number of carbonyl (C=O) groups excluding carboxylic acids is 1. The fourth-order valence-corrected chi connectivity index (χ4v) is 3.70. The molecule has 2 aromatic heterocycles. The fraction of sp³-hybridized carbons (Fsp3) is 0.381. The lowest BCUT2D eigenvalue weighted by atomic mass is 9.97. The number of hydrogen-bond acceptors (Lipinski definition) is 3. The second kappa shape index (κ2) is 7.02. The van der Waals surface area contributed by atoms with Gasteiger partial charge in [0.05, 0.1) is 5.69 Å². The third-order valence-corrected chi connectivity index (χ3v) is 5.40. The van der Waals surface area contributed by atoms with Crippen LogP contribution in [-0.2, 0) is 24.2 Å². The van der Waals surface area contributed by atoms with Gasteiger partial charge in [-0.15, -0.1) is 0 Å². The predicted octanol–water partition coefficient (Wildman–Crippen LogP) is 3.02. The Morgan fingerprint density at radius 3 is 2.78 bits per heavy atom. The van der Waals surface area contributed by atoms with Gasteiger partial charge in [0, 0.05) is 36.6 Å². The maximum absolute atomic E-state index is 12.9. The van der Waals surface area contributed by atoms with E-state index in [0.717, 1.165) is 48.2 Å². The molecule has 4 rings (SSSR count). The fourth-order valence-electron chi connectivity index (χ4n) is 3.70. The summed E-state index contributed by atoms with van der Waals surface area (Å²) in [4.78, 5) is 25.2. The number of hydrogen-bond donors (Lipinski definition) is 1. The number of fused-ring (bicyclic) bond motifs is 3. The second-order valence-corrected chi connectivity index (χ2v) is 7.32. The van der Waals surface area contributed by atoms with Crippen LogP contribution >= 0.6 is 0 Å². The van der Waals surface area contributed by atoms with E-state index in [4.69, 9.17) is 0 Å². The molecule has 2 heterocycles. The van der Waals surface area contributed by atoms with Crippen molar-refractivity contribution in [3.63, 3.8) is 0 Å². The Bertz CT molecular complexity index is 1080. The molecule has 27 heavy (non-hydrogen) atoms. The highest BCUT2D eigenvalue weighted by molar-refractivity contribution is 5.90. The maximum Gasteiger partial charge on any atom is 0.276 e. The number of nitrogens with one attached hydrogen (secondary N) is 1. The normalized spacial score (nSPS) is 13.6. The van der Waals surface area contributed by atoms with Gasteiger partial charge in [-0.1, -0.05) is 6.07 Å². The minimum absolute atomic E-state index is 0.0628. The molecule has 0 fully saturated rings. The van der Waals surface area contributed by atoms with Crippen LogP contribution in [0.25, 0.3) is 5.52 Å². The van der Waals surface area contributed by atoms with Gasteiger partial charge in [-0.2, -0.15) is 5.10 Å². The largest absolute Gasteiger partial charge is 0.326 e. The summed E-state index contributed by atoms with van der Waals surface area (Å²) in [6.45, 7) is 4.41. The van der Waals surface area contributed by atoms with Gasteiger partial charge in [0.2, 0.25) is 5.91 Å². The number of aryl methyl sites for hydroxylation is 5. The summed E-state index contributed by atoms with van der Waals surface area (Å²) < 4.78 is 3.32. The molecule has 6 nitrogen and oxygen atoms in total. The first-order valence-electron chi connectivity index (χ1n) is 9.49.